The largest absolute Gasteiger partial charge is 0.492 e. The molecule has 1 aliphatic heterocycles. The zero-order chi connectivity index (χ0) is 10.3. The Balaban J connectivity index is 3.05. The fraction of sp³-hybridized carbons (Fsp3) is 1.00. The Bertz CT molecular complexity index is 315. The maximum atomic E-state index is 11.0. The van der Waals surface area contributed by atoms with Gasteiger partial charge in [0.05, 0.1) is 0 Å². The van der Waals surface area contributed by atoms with Gasteiger partial charge in [0.25, 0.3) is 0 Å². The van der Waals surface area contributed by atoms with Crippen LogP contribution >= 0.6 is 23.5 Å². The molecule has 1 rings (SSSR count). The van der Waals surface area contributed by atoms with Crippen molar-refractivity contribution in [2.75, 3.05) is 7.11 Å². The number of hydrogen-bond acceptors (Lipinski definition) is 7. The fourth-order valence-corrected chi connectivity index (χ4v) is 5.26. The summed E-state index contributed by atoms with van der Waals surface area (Å²) in [6, 6.07) is 0. The van der Waals surface area contributed by atoms with Crippen LogP contribution in [0.2, 0.25) is 0 Å². The average molecular weight is 254 g/mol. The Labute approximate surface area is 72.4 Å². The lowest BCUT2D eigenvalue weighted by Gasteiger charge is -2.25. The predicted octanol–water partition coefficient (Wildman–Crippen LogP) is 1.01. The predicted molar refractivity (Wildman–Crippen MR) is 37.5 cm³/mol. The van der Waals surface area contributed by atoms with Crippen LogP contribution in [-0.2, 0) is 31.2 Å². The molecular formula is CH5O9P3. The van der Waals surface area contributed by atoms with Crippen LogP contribution in [0, 0.1) is 0 Å². The number of rotatable bonds is 1. The molecule has 1 fully saturated rings. The van der Waals surface area contributed by atoms with E-state index in [0.717, 1.165) is 7.11 Å². The van der Waals surface area contributed by atoms with E-state index in [1.54, 1.807) is 0 Å². The molecule has 1 heterocycles. The summed E-state index contributed by atoms with van der Waals surface area (Å²) in [6.45, 7) is 0. The van der Waals surface area contributed by atoms with Gasteiger partial charge in [0, 0.05) is 7.11 Å². The molecule has 0 aromatic heterocycles. The van der Waals surface area contributed by atoms with Gasteiger partial charge in [0.2, 0.25) is 0 Å². The molecule has 0 amide bonds. The van der Waals surface area contributed by atoms with Gasteiger partial charge in [-0.3, -0.25) is 4.52 Å². The minimum Gasteiger partial charge on any atom is -0.302 e. The standard InChI is InChI=1S/CH5O9P3/c1-7-13(6)9-11(2,3)8-12(4,5)10-13/h1H3,(H,2,3)(H,4,5). The van der Waals surface area contributed by atoms with Crippen LogP contribution in [0.15, 0.2) is 0 Å². The SMILES string of the molecule is COP1(=O)OP(=O)(O)OP(=O)(O)O1. The maximum absolute atomic E-state index is 11.0. The molecule has 0 radical (unpaired) electrons. The van der Waals surface area contributed by atoms with Crippen molar-refractivity contribution < 1.29 is 40.9 Å². The molecule has 0 saturated carbocycles. The van der Waals surface area contributed by atoms with Crippen molar-refractivity contribution in [1.82, 2.24) is 0 Å². The summed E-state index contributed by atoms with van der Waals surface area (Å²) in [6.07, 6.45) is 0. The smallest absolute Gasteiger partial charge is 0.302 e. The minimum absolute atomic E-state index is 0.812. The Morgan fingerprint density at radius 1 is 1.00 bits per heavy atom. The van der Waals surface area contributed by atoms with Crippen molar-refractivity contribution in [3.8, 4) is 0 Å². The van der Waals surface area contributed by atoms with Crippen molar-refractivity contribution in [3.05, 3.63) is 0 Å². The topological polar surface area (TPSA) is 129 Å². The van der Waals surface area contributed by atoms with Crippen molar-refractivity contribution in [1.29, 1.82) is 0 Å². The van der Waals surface area contributed by atoms with E-state index >= 15 is 0 Å². The van der Waals surface area contributed by atoms with Crippen LogP contribution in [0.25, 0.3) is 0 Å². The second kappa shape index (κ2) is 3.24. The van der Waals surface area contributed by atoms with Crippen molar-refractivity contribution in [2.45, 2.75) is 0 Å². The van der Waals surface area contributed by atoms with Gasteiger partial charge >= 0.3 is 23.5 Å². The molecule has 0 aromatic carbocycles. The Morgan fingerprint density at radius 2 is 1.38 bits per heavy atom. The van der Waals surface area contributed by atoms with Gasteiger partial charge in [0.15, 0.2) is 0 Å². The highest BCUT2D eigenvalue weighted by atomic mass is 31.3. The third-order valence-electron chi connectivity index (χ3n) is 0.836. The maximum Gasteiger partial charge on any atom is 0.492 e. The van der Waals surface area contributed by atoms with Gasteiger partial charge in [-0.15, -0.1) is 0 Å². The van der Waals surface area contributed by atoms with E-state index < -0.39 is 23.5 Å². The van der Waals surface area contributed by atoms with Crippen LogP contribution in [-0.4, -0.2) is 16.9 Å². The van der Waals surface area contributed by atoms with Crippen LogP contribution in [0.5, 0.6) is 0 Å². The molecule has 2 unspecified atom stereocenters. The Morgan fingerprint density at radius 3 is 1.69 bits per heavy atom. The lowest BCUT2D eigenvalue weighted by atomic mass is 11.8. The van der Waals surface area contributed by atoms with E-state index in [0.29, 0.717) is 0 Å². The molecule has 0 bridgehead atoms. The van der Waals surface area contributed by atoms with Crippen molar-refractivity contribution >= 4 is 23.5 Å². The third-order valence-corrected chi connectivity index (χ3v) is 6.19. The summed E-state index contributed by atoms with van der Waals surface area (Å²) in [5.41, 5.74) is 0. The molecule has 0 spiro atoms. The summed E-state index contributed by atoms with van der Waals surface area (Å²) >= 11 is 0. The van der Waals surface area contributed by atoms with E-state index in [9.17, 15) is 13.7 Å². The first kappa shape index (κ1) is 11.5. The summed E-state index contributed by atoms with van der Waals surface area (Å²) in [4.78, 5) is 17.2. The second-order valence-electron chi connectivity index (χ2n) is 1.81. The monoisotopic (exact) mass is 254 g/mol. The highest BCUT2D eigenvalue weighted by molar-refractivity contribution is 7.74. The lowest BCUT2D eigenvalue weighted by Crippen LogP contribution is -2.04. The van der Waals surface area contributed by atoms with Gasteiger partial charge < -0.3 is 9.79 Å². The molecule has 0 aliphatic carbocycles. The highest BCUT2D eigenvalue weighted by Gasteiger charge is 2.53. The number of hydrogen-bond donors (Lipinski definition) is 2. The molecule has 2 atom stereocenters. The highest BCUT2D eigenvalue weighted by Crippen LogP contribution is 2.79. The summed E-state index contributed by atoms with van der Waals surface area (Å²) < 4.78 is 47.6. The Kier molecular flexibility index (Phi) is 2.87. The first-order chi connectivity index (χ1) is 5.68. The van der Waals surface area contributed by atoms with E-state index in [2.05, 4.69) is 17.5 Å². The zero-order valence-corrected chi connectivity index (χ0v) is 8.78. The molecule has 12 heteroatoms. The van der Waals surface area contributed by atoms with Gasteiger partial charge in [-0.2, -0.15) is 12.9 Å². The zero-order valence-electron chi connectivity index (χ0n) is 6.09. The summed E-state index contributed by atoms with van der Waals surface area (Å²) in [5, 5.41) is 0. The molecular weight excluding hydrogens is 249 g/mol. The first-order valence-corrected chi connectivity index (χ1v) is 7.09. The molecule has 1 saturated heterocycles. The summed E-state index contributed by atoms with van der Waals surface area (Å²) in [7, 11) is -13.4. The van der Waals surface area contributed by atoms with Gasteiger partial charge in [-0.25, -0.2) is 13.7 Å². The van der Waals surface area contributed by atoms with Gasteiger partial charge in [-0.05, 0) is 0 Å². The van der Waals surface area contributed by atoms with Crippen LogP contribution in [0.4, 0.5) is 0 Å². The van der Waals surface area contributed by atoms with Crippen LogP contribution in [0.1, 0.15) is 0 Å². The molecule has 13 heavy (non-hydrogen) atoms. The van der Waals surface area contributed by atoms with E-state index in [1.807, 2.05) is 0 Å². The molecule has 78 valence electrons. The van der Waals surface area contributed by atoms with Crippen molar-refractivity contribution in [2.24, 2.45) is 0 Å². The normalized spacial score (nSPS) is 51.9. The van der Waals surface area contributed by atoms with E-state index in [4.69, 9.17) is 9.79 Å². The fourth-order valence-electron chi connectivity index (χ4n) is 0.495. The molecule has 1 aliphatic rings. The average Bonchev–Trinajstić information content (AvgIpc) is 1.79. The van der Waals surface area contributed by atoms with Crippen molar-refractivity contribution in [3.63, 3.8) is 0 Å². The second-order valence-corrected chi connectivity index (χ2v) is 6.91. The van der Waals surface area contributed by atoms with Crippen LogP contribution < -0.4 is 0 Å². The summed E-state index contributed by atoms with van der Waals surface area (Å²) in [5.74, 6) is 0. The molecule has 2 N–H and O–H groups in total. The van der Waals surface area contributed by atoms with Gasteiger partial charge in [-0.1, -0.05) is 0 Å². The molecule has 9 nitrogen and oxygen atoms in total. The quantitative estimate of drug-likeness (QED) is 0.658. The minimum atomic E-state index is -4.87. The lowest BCUT2D eigenvalue weighted by molar-refractivity contribution is 0.151. The first-order valence-electron chi connectivity index (χ1n) is 2.63. The van der Waals surface area contributed by atoms with Crippen LogP contribution in [0.3, 0.4) is 0 Å². The Hall–Kier alpha value is 0.450. The van der Waals surface area contributed by atoms with Gasteiger partial charge in [0.1, 0.15) is 0 Å². The van der Waals surface area contributed by atoms with E-state index in [-0.39, 0.29) is 0 Å². The molecule has 0 aromatic rings. The number of phosphoric acid groups is 3. The third kappa shape index (κ3) is 2.95. The van der Waals surface area contributed by atoms with E-state index in [1.165, 1.54) is 0 Å².